The molecule has 0 radical (unpaired) electrons. The molecule has 6 heteroatoms. The second kappa shape index (κ2) is 7.96. The summed E-state index contributed by atoms with van der Waals surface area (Å²) in [5.41, 5.74) is 0.787. The van der Waals surface area contributed by atoms with Gasteiger partial charge in [0.2, 0.25) is 0 Å². The number of benzene rings is 1. The number of carbonyl (C=O) groups excluding carboxylic acids is 2. The summed E-state index contributed by atoms with van der Waals surface area (Å²) >= 11 is 0. The Bertz CT molecular complexity index is 700. The molecule has 0 spiro atoms. The highest BCUT2D eigenvalue weighted by molar-refractivity contribution is 5.98. The zero-order chi connectivity index (χ0) is 18.4. The fraction of sp³-hybridized carbons (Fsp3) is 0.421. The van der Waals surface area contributed by atoms with Gasteiger partial charge in [0.15, 0.2) is 0 Å². The molecule has 2 amide bonds. The Balaban J connectivity index is 1.86. The van der Waals surface area contributed by atoms with Gasteiger partial charge >= 0.3 is 0 Å². The van der Waals surface area contributed by atoms with Crippen molar-refractivity contribution in [3.05, 3.63) is 53.9 Å². The van der Waals surface area contributed by atoms with Gasteiger partial charge in [0.25, 0.3) is 11.8 Å². The van der Waals surface area contributed by atoms with E-state index in [1.54, 1.807) is 30.5 Å². The van der Waals surface area contributed by atoms with E-state index in [9.17, 15) is 9.59 Å². The van der Waals surface area contributed by atoms with Crippen LogP contribution in [-0.2, 0) is 6.54 Å². The lowest BCUT2D eigenvalue weighted by molar-refractivity contribution is 0.0914. The number of nitrogens with one attached hydrogen (secondary N) is 2. The summed E-state index contributed by atoms with van der Waals surface area (Å²) < 4.78 is 1.85. The molecule has 25 heavy (non-hydrogen) atoms. The van der Waals surface area contributed by atoms with E-state index in [2.05, 4.69) is 22.7 Å². The van der Waals surface area contributed by atoms with Gasteiger partial charge in [-0.05, 0) is 57.0 Å². The van der Waals surface area contributed by atoms with E-state index in [4.69, 9.17) is 0 Å². The maximum Gasteiger partial charge on any atom is 0.251 e. The van der Waals surface area contributed by atoms with E-state index in [0.717, 1.165) is 6.54 Å². The Kier molecular flexibility index (Phi) is 5.96. The molecule has 0 fully saturated rings. The van der Waals surface area contributed by atoms with Crippen molar-refractivity contribution < 1.29 is 9.59 Å². The van der Waals surface area contributed by atoms with Gasteiger partial charge in [0.1, 0.15) is 0 Å². The van der Waals surface area contributed by atoms with E-state index in [1.807, 2.05) is 37.7 Å². The first-order valence-corrected chi connectivity index (χ1v) is 8.43. The number of hydrogen-bond acceptors (Lipinski definition) is 3. The molecule has 1 aromatic heterocycles. The second-order valence-corrected chi connectivity index (χ2v) is 7.32. The van der Waals surface area contributed by atoms with Crippen LogP contribution in [0.5, 0.6) is 0 Å². The van der Waals surface area contributed by atoms with Gasteiger partial charge in [-0.25, -0.2) is 0 Å². The van der Waals surface area contributed by atoms with Crippen molar-refractivity contribution in [2.24, 2.45) is 5.92 Å². The van der Waals surface area contributed by atoms with Crippen molar-refractivity contribution >= 4 is 11.8 Å². The number of amides is 2. The third-order valence-electron chi connectivity index (χ3n) is 3.57. The summed E-state index contributed by atoms with van der Waals surface area (Å²) in [7, 11) is 0. The van der Waals surface area contributed by atoms with Gasteiger partial charge < -0.3 is 10.6 Å². The molecule has 1 unspecified atom stereocenters. The van der Waals surface area contributed by atoms with Gasteiger partial charge in [-0.3, -0.25) is 14.3 Å². The zero-order valence-electron chi connectivity index (χ0n) is 15.2. The van der Waals surface area contributed by atoms with Crippen LogP contribution in [0.25, 0.3) is 0 Å². The first-order valence-electron chi connectivity index (χ1n) is 8.43. The van der Waals surface area contributed by atoms with E-state index in [-0.39, 0.29) is 23.3 Å². The molecule has 1 aromatic carbocycles. The lowest BCUT2D eigenvalue weighted by atomic mass is 10.1. The van der Waals surface area contributed by atoms with Crippen molar-refractivity contribution in [1.29, 1.82) is 0 Å². The zero-order valence-corrected chi connectivity index (χ0v) is 15.2. The first-order chi connectivity index (χ1) is 11.7. The van der Waals surface area contributed by atoms with Gasteiger partial charge in [0, 0.05) is 42.1 Å². The largest absolute Gasteiger partial charge is 0.352 e. The predicted molar refractivity (Wildman–Crippen MR) is 97.4 cm³/mol. The van der Waals surface area contributed by atoms with Crippen LogP contribution in [0.4, 0.5) is 0 Å². The smallest absolute Gasteiger partial charge is 0.251 e. The molecule has 2 rings (SSSR count). The number of hydrogen-bond donors (Lipinski definition) is 2. The summed E-state index contributed by atoms with van der Waals surface area (Å²) in [6.45, 7) is 9.15. The van der Waals surface area contributed by atoms with Crippen LogP contribution in [0, 0.1) is 5.92 Å². The summed E-state index contributed by atoms with van der Waals surface area (Å²) in [6.07, 6.45) is 3.64. The lowest BCUT2D eigenvalue weighted by Gasteiger charge is -2.20. The molecule has 1 heterocycles. The molecule has 0 saturated heterocycles. The predicted octanol–water partition coefficient (Wildman–Crippen LogP) is 2.48. The maximum absolute atomic E-state index is 12.2. The Morgan fingerprint density at radius 3 is 2.24 bits per heavy atom. The minimum Gasteiger partial charge on any atom is -0.352 e. The Morgan fingerprint density at radius 1 is 1.12 bits per heavy atom. The summed E-state index contributed by atoms with van der Waals surface area (Å²) in [5, 5.41) is 9.97. The topological polar surface area (TPSA) is 76.0 Å². The molecule has 0 saturated carbocycles. The second-order valence-electron chi connectivity index (χ2n) is 7.32. The summed E-state index contributed by atoms with van der Waals surface area (Å²) in [5.74, 6) is -0.0249. The SMILES string of the molecule is CC(CNC(=O)c1ccc(C(=O)NC(C)(C)C)cc1)Cn1cccn1. The van der Waals surface area contributed by atoms with E-state index in [0.29, 0.717) is 17.7 Å². The quantitative estimate of drug-likeness (QED) is 0.847. The third kappa shape index (κ3) is 6.06. The van der Waals surface area contributed by atoms with E-state index >= 15 is 0 Å². The van der Waals surface area contributed by atoms with Crippen LogP contribution in [0.1, 0.15) is 48.4 Å². The lowest BCUT2D eigenvalue weighted by Crippen LogP contribution is -2.40. The molecule has 0 bridgehead atoms. The Labute approximate surface area is 148 Å². The molecular weight excluding hydrogens is 316 g/mol. The van der Waals surface area contributed by atoms with Crippen LogP contribution in [-0.4, -0.2) is 33.7 Å². The molecule has 2 N–H and O–H groups in total. The minimum atomic E-state index is -0.294. The number of carbonyl (C=O) groups is 2. The van der Waals surface area contributed by atoms with Gasteiger partial charge in [0.05, 0.1) is 0 Å². The summed E-state index contributed by atoms with van der Waals surface area (Å²) in [4.78, 5) is 24.3. The monoisotopic (exact) mass is 342 g/mol. The molecule has 2 aromatic rings. The standard InChI is InChI=1S/C19H26N4O2/c1-14(13-23-11-5-10-21-23)12-20-17(24)15-6-8-16(9-7-15)18(25)22-19(2,3)4/h5-11,14H,12-13H2,1-4H3,(H,20,24)(H,22,25). The van der Waals surface area contributed by atoms with Gasteiger partial charge in [-0.1, -0.05) is 6.92 Å². The molecule has 134 valence electrons. The van der Waals surface area contributed by atoms with Crippen molar-refractivity contribution in [3.8, 4) is 0 Å². The van der Waals surface area contributed by atoms with Gasteiger partial charge in [-0.15, -0.1) is 0 Å². The van der Waals surface area contributed by atoms with E-state index < -0.39 is 0 Å². The Morgan fingerprint density at radius 2 is 1.72 bits per heavy atom. The van der Waals surface area contributed by atoms with Crippen LogP contribution in [0.15, 0.2) is 42.7 Å². The highest BCUT2D eigenvalue weighted by Gasteiger charge is 2.16. The van der Waals surface area contributed by atoms with Gasteiger partial charge in [-0.2, -0.15) is 5.10 Å². The normalized spacial score (nSPS) is 12.5. The fourth-order valence-electron chi connectivity index (χ4n) is 2.35. The molecule has 1 atom stereocenters. The average molecular weight is 342 g/mol. The minimum absolute atomic E-state index is 0.143. The van der Waals surface area contributed by atoms with Crippen LogP contribution < -0.4 is 10.6 Å². The van der Waals surface area contributed by atoms with Crippen molar-refractivity contribution in [2.75, 3.05) is 6.54 Å². The molecule has 0 aliphatic heterocycles. The number of aromatic nitrogens is 2. The highest BCUT2D eigenvalue weighted by Crippen LogP contribution is 2.08. The number of rotatable bonds is 6. The van der Waals surface area contributed by atoms with Crippen molar-refractivity contribution in [1.82, 2.24) is 20.4 Å². The first kappa shape index (κ1) is 18.7. The van der Waals surface area contributed by atoms with Crippen LogP contribution in [0.3, 0.4) is 0 Å². The van der Waals surface area contributed by atoms with Crippen LogP contribution >= 0.6 is 0 Å². The maximum atomic E-state index is 12.2. The number of nitrogens with zero attached hydrogens (tertiary/aromatic N) is 2. The van der Waals surface area contributed by atoms with Crippen molar-refractivity contribution in [2.45, 2.75) is 39.8 Å². The fourth-order valence-corrected chi connectivity index (χ4v) is 2.35. The average Bonchev–Trinajstić information content (AvgIpc) is 3.04. The third-order valence-corrected chi connectivity index (χ3v) is 3.57. The molecule has 0 aliphatic rings. The Hall–Kier alpha value is -2.63. The summed E-state index contributed by atoms with van der Waals surface area (Å²) in [6, 6.07) is 8.56. The molecule has 0 aliphatic carbocycles. The van der Waals surface area contributed by atoms with Crippen molar-refractivity contribution in [3.63, 3.8) is 0 Å². The van der Waals surface area contributed by atoms with Crippen LogP contribution in [0.2, 0.25) is 0 Å². The molecular formula is C19H26N4O2. The highest BCUT2D eigenvalue weighted by atomic mass is 16.2. The molecule has 6 nitrogen and oxygen atoms in total. The van der Waals surface area contributed by atoms with E-state index in [1.165, 1.54) is 0 Å².